The minimum atomic E-state index is -5.27. The van der Waals surface area contributed by atoms with E-state index in [1.807, 2.05) is 24.3 Å². The quantitative estimate of drug-likeness (QED) is 0.364. The van der Waals surface area contributed by atoms with Crippen molar-refractivity contribution < 1.29 is 35.3 Å². The van der Waals surface area contributed by atoms with Gasteiger partial charge in [-0.1, -0.05) is 25.1 Å². The first kappa shape index (κ1) is 27.2. The van der Waals surface area contributed by atoms with Gasteiger partial charge in [-0.3, -0.25) is 4.79 Å². The van der Waals surface area contributed by atoms with E-state index in [4.69, 9.17) is 4.74 Å². The zero-order valence-electron chi connectivity index (χ0n) is 21.6. The molecule has 0 aliphatic heterocycles. The highest BCUT2D eigenvalue weighted by Gasteiger charge is 2.56. The van der Waals surface area contributed by atoms with Crippen LogP contribution in [0.15, 0.2) is 47.4 Å². The largest absolute Gasteiger partial charge is 0.537 e. The maximum Gasteiger partial charge on any atom is 0.537 e. The molecule has 0 saturated heterocycles. The molecule has 0 bridgehead atoms. The van der Waals surface area contributed by atoms with Crippen molar-refractivity contribution in [3.63, 3.8) is 0 Å². The van der Waals surface area contributed by atoms with Crippen molar-refractivity contribution in [2.24, 2.45) is 23.2 Å². The lowest BCUT2D eigenvalue weighted by molar-refractivity contribution is -0.271. The molecular formula is C29H33F3O5S. The predicted molar refractivity (Wildman–Crippen MR) is 135 cm³/mol. The number of carbonyl (C=O) groups excluding carboxylic acids is 1. The van der Waals surface area contributed by atoms with Gasteiger partial charge in [0.05, 0.1) is 12.0 Å². The van der Waals surface area contributed by atoms with Gasteiger partial charge in [0, 0.05) is 12.3 Å². The second-order valence-corrected chi connectivity index (χ2v) is 12.8. The van der Waals surface area contributed by atoms with Crippen LogP contribution < -0.4 is 4.74 Å². The highest BCUT2D eigenvalue weighted by Crippen LogP contribution is 2.63. The van der Waals surface area contributed by atoms with Gasteiger partial charge >= 0.3 is 16.5 Å². The summed E-state index contributed by atoms with van der Waals surface area (Å²) in [5.41, 5.74) is 2.88. The Hall–Kier alpha value is -2.39. The second kappa shape index (κ2) is 9.97. The van der Waals surface area contributed by atoms with Gasteiger partial charge in [0.2, 0.25) is 0 Å². The monoisotopic (exact) mass is 550 g/mol. The standard InChI is InChI=1S/C29H33F3O5S/c1-28-16-15-23-22-11-9-21(38(34,35)37-29(30,31)32)17-19(22)6-10-24(23)25(28)12-13-26(28)27(33)14-5-18-3-7-20(36-2)8-4-18/h3-4,7-9,11,17,23-26H,5-6,10,12-16H2,1-2H3/t23-,24-,25+,26-,28+/m1/s1. The number of rotatable bonds is 7. The fourth-order valence-corrected chi connectivity index (χ4v) is 8.52. The molecule has 2 aromatic rings. The Labute approximate surface area is 221 Å². The minimum Gasteiger partial charge on any atom is -0.497 e. The summed E-state index contributed by atoms with van der Waals surface area (Å²) in [6, 6.07) is 12.1. The van der Waals surface area contributed by atoms with Crippen molar-refractivity contribution in [2.75, 3.05) is 7.11 Å². The Morgan fingerprint density at radius 2 is 1.79 bits per heavy atom. The maximum atomic E-state index is 13.4. The molecule has 3 aliphatic rings. The van der Waals surface area contributed by atoms with Crippen molar-refractivity contribution in [3.05, 3.63) is 59.2 Å². The highest BCUT2D eigenvalue weighted by atomic mass is 32.2. The van der Waals surface area contributed by atoms with E-state index in [9.17, 15) is 26.4 Å². The molecule has 5 atom stereocenters. The Bertz CT molecular complexity index is 1300. The van der Waals surface area contributed by atoms with Crippen molar-refractivity contribution in [1.29, 1.82) is 0 Å². The van der Waals surface area contributed by atoms with Gasteiger partial charge in [0.25, 0.3) is 0 Å². The third kappa shape index (κ3) is 5.11. The van der Waals surface area contributed by atoms with E-state index in [1.165, 1.54) is 12.1 Å². The van der Waals surface area contributed by atoms with Gasteiger partial charge in [0.15, 0.2) is 0 Å². The minimum absolute atomic E-state index is 0.0418. The molecule has 5 rings (SSSR count). The fourth-order valence-electron chi connectivity index (χ4n) is 7.65. The van der Waals surface area contributed by atoms with Gasteiger partial charge in [-0.25, -0.2) is 0 Å². The van der Waals surface area contributed by atoms with E-state index in [-0.39, 0.29) is 17.3 Å². The first-order valence-electron chi connectivity index (χ1n) is 13.2. The number of methoxy groups -OCH3 is 1. The number of fused-ring (bicyclic) bond motifs is 5. The van der Waals surface area contributed by atoms with Crippen molar-refractivity contribution >= 4 is 15.9 Å². The Balaban J connectivity index is 1.29. The first-order valence-corrected chi connectivity index (χ1v) is 14.6. The summed E-state index contributed by atoms with van der Waals surface area (Å²) in [5.74, 6) is 2.19. The normalized spacial score (nSPS) is 28.8. The van der Waals surface area contributed by atoms with E-state index in [0.717, 1.165) is 54.5 Å². The van der Waals surface area contributed by atoms with E-state index >= 15 is 0 Å². The van der Waals surface area contributed by atoms with E-state index in [1.54, 1.807) is 13.2 Å². The maximum absolute atomic E-state index is 13.4. The number of alkyl halides is 3. The number of carbonyl (C=O) groups is 1. The Kier molecular flexibility index (Phi) is 7.14. The number of ketones is 1. The lowest BCUT2D eigenvalue weighted by Crippen LogP contribution is -2.44. The third-order valence-corrected chi connectivity index (χ3v) is 10.6. The van der Waals surface area contributed by atoms with Crippen LogP contribution in [0.5, 0.6) is 5.75 Å². The average Bonchev–Trinajstić information content (AvgIpc) is 3.23. The number of aryl methyl sites for hydroxylation is 2. The SMILES string of the molecule is COc1ccc(CCC(=O)[C@H]2CC[C@H]3[C@@H]4CCc5cc(S(=O)(=O)OC(F)(F)F)ccc5[C@H]4CC[C@]23C)cc1. The first-order chi connectivity index (χ1) is 17.9. The van der Waals surface area contributed by atoms with Crippen molar-refractivity contribution in [2.45, 2.75) is 75.5 Å². The zero-order valence-corrected chi connectivity index (χ0v) is 22.4. The van der Waals surface area contributed by atoms with E-state index < -0.39 is 21.4 Å². The van der Waals surface area contributed by atoms with Crippen LogP contribution in [-0.2, 0) is 31.9 Å². The van der Waals surface area contributed by atoms with Crippen LogP contribution in [0.3, 0.4) is 0 Å². The van der Waals surface area contributed by atoms with Crippen LogP contribution in [0.25, 0.3) is 0 Å². The average molecular weight is 551 g/mol. The molecule has 206 valence electrons. The topological polar surface area (TPSA) is 69.7 Å². The molecule has 38 heavy (non-hydrogen) atoms. The molecule has 0 N–H and O–H groups in total. The molecule has 2 aromatic carbocycles. The number of hydrogen-bond donors (Lipinski definition) is 0. The van der Waals surface area contributed by atoms with Crippen LogP contribution in [0, 0.1) is 23.2 Å². The summed E-state index contributed by atoms with van der Waals surface area (Å²) >= 11 is 0. The van der Waals surface area contributed by atoms with Crippen molar-refractivity contribution in [1.82, 2.24) is 0 Å². The molecular weight excluding hydrogens is 517 g/mol. The Morgan fingerprint density at radius 3 is 2.47 bits per heavy atom. The third-order valence-electron chi connectivity index (χ3n) is 9.40. The Morgan fingerprint density at radius 1 is 1.05 bits per heavy atom. The zero-order chi connectivity index (χ0) is 27.3. The molecule has 0 radical (unpaired) electrons. The molecule has 9 heteroatoms. The van der Waals surface area contributed by atoms with Crippen LogP contribution in [0.4, 0.5) is 13.2 Å². The van der Waals surface area contributed by atoms with E-state index in [0.29, 0.717) is 36.9 Å². The molecule has 0 aromatic heterocycles. The van der Waals surface area contributed by atoms with E-state index in [2.05, 4.69) is 11.1 Å². The number of Topliss-reactive ketones (excluding diaryl/α,β-unsaturated/α-hetero) is 1. The molecule has 0 unspecified atom stereocenters. The van der Waals surface area contributed by atoms with Crippen LogP contribution in [0.2, 0.25) is 0 Å². The lowest BCUT2D eigenvalue weighted by Gasteiger charge is -2.50. The molecule has 2 saturated carbocycles. The summed E-state index contributed by atoms with van der Waals surface area (Å²) in [5, 5.41) is 0. The number of ether oxygens (including phenoxy) is 1. The molecule has 0 heterocycles. The second-order valence-electron chi connectivity index (χ2n) is 11.2. The number of benzene rings is 2. The van der Waals surface area contributed by atoms with Gasteiger partial charge in [0.1, 0.15) is 11.5 Å². The van der Waals surface area contributed by atoms with Crippen LogP contribution in [-0.4, -0.2) is 27.7 Å². The summed E-state index contributed by atoms with van der Waals surface area (Å²) < 4.78 is 70.6. The van der Waals surface area contributed by atoms with Crippen molar-refractivity contribution in [3.8, 4) is 5.75 Å². The predicted octanol–water partition coefficient (Wildman–Crippen LogP) is 6.59. The summed E-state index contributed by atoms with van der Waals surface area (Å²) in [6.45, 7) is 2.27. The smallest absolute Gasteiger partial charge is 0.497 e. The van der Waals surface area contributed by atoms with Crippen LogP contribution >= 0.6 is 0 Å². The van der Waals surface area contributed by atoms with Crippen LogP contribution in [0.1, 0.15) is 68.1 Å². The lowest BCUT2D eigenvalue weighted by atomic mass is 9.54. The number of hydrogen-bond acceptors (Lipinski definition) is 5. The fraction of sp³-hybridized carbons (Fsp3) is 0.552. The molecule has 5 nitrogen and oxygen atoms in total. The number of halogens is 3. The van der Waals surface area contributed by atoms with Gasteiger partial charge in [-0.2, -0.15) is 12.6 Å². The summed E-state index contributed by atoms with van der Waals surface area (Å²) in [6.07, 6.45) is 1.10. The molecule has 0 spiro atoms. The highest BCUT2D eigenvalue weighted by molar-refractivity contribution is 7.86. The van der Waals surface area contributed by atoms with Gasteiger partial charge < -0.3 is 4.74 Å². The van der Waals surface area contributed by atoms with Gasteiger partial charge in [-0.15, -0.1) is 13.2 Å². The summed E-state index contributed by atoms with van der Waals surface area (Å²) in [4.78, 5) is 13.0. The molecule has 3 aliphatic carbocycles. The molecule has 0 amide bonds. The molecule has 2 fully saturated rings. The van der Waals surface area contributed by atoms with Gasteiger partial charge in [-0.05, 0) is 109 Å². The summed E-state index contributed by atoms with van der Waals surface area (Å²) in [7, 11) is -3.29.